The monoisotopic (exact) mass is 363 g/mol. The zero-order valence-corrected chi connectivity index (χ0v) is 15.7. The Morgan fingerprint density at radius 1 is 1.04 bits per heavy atom. The third-order valence-electron chi connectivity index (χ3n) is 4.88. The van der Waals surface area contributed by atoms with E-state index in [9.17, 15) is 4.79 Å². The van der Waals surface area contributed by atoms with Gasteiger partial charge >= 0.3 is 0 Å². The first-order chi connectivity index (χ1) is 12.7. The molecule has 0 fully saturated rings. The van der Waals surface area contributed by atoms with Gasteiger partial charge in [-0.05, 0) is 66.6 Å². The van der Waals surface area contributed by atoms with Crippen molar-refractivity contribution in [3.63, 3.8) is 0 Å². The molecule has 0 saturated heterocycles. The van der Waals surface area contributed by atoms with Crippen molar-refractivity contribution < 1.29 is 9.53 Å². The van der Waals surface area contributed by atoms with E-state index in [1.54, 1.807) is 18.9 Å². The third-order valence-corrected chi connectivity index (χ3v) is 5.99. The Morgan fingerprint density at radius 2 is 1.77 bits per heavy atom. The van der Waals surface area contributed by atoms with Gasteiger partial charge in [0.05, 0.1) is 12.4 Å². The summed E-state index contributed by atoms with van der Waals surface area (Å²) in [5, 5.41) is 5.40. The number of carbonyl (C=O) groups excluding carboxylic acids is 1. The van der Waals surface area contributed by atoms with Gasteiger partial charge < -0.3 is 10.1 Å². The lowest BCUT2D eigenvalue weighted by Gasteiger charge is -2.14. The summed E-state index contributed by atoms with van der Waals surface area (Å²) in [7, 11) is 1.65. The molecule has 3 aromatic carbocycles. The Kier molecular flexibility index (Phi) is 4.60. The number of aryl methyl sites for hydroxylation is 2. The van der Waals surface area contributed by atoms with Gasteiger partial charge in [-0.1, -0.05) is 24.3 Å². The minimum atomic E-state index is -0.188. The average molecular weight is 363 g/mol. The second kappa shape index (κ2) is 7.04. The molecule has 0 spiro atoms. The van der Waals surface area contributed by atoms with Crippen molar-refractivity contribution in [2.75, 3.05) is 12.4 Å². The maximum Gasteiger partial charge on any atom is 0.237 e. The molecular formula is C22H21NO2S. The van der Waals surface area contributed by atoms with E-state index in [1.165, 1.54) is 16.5 Å². The maximum atomic E-state index is 12.7. The molecule has 132 valence electrons. The van der Waals surface area contributed by atoms with Crippen LogP contribution in [0.5, 0.6) is 5.75 Å². The number of nitrogens with one attached hydrogen (secondary N) is 1. The van der Waals surface area contributed by atoms with Crippen LogP contribution in [0.1, 0.15) is 18.1 Å². The molecule has 3 nitrogen and oxygen atoms in total. The van der Waals surface area contributed by atoms with Crippen molar-refractivity contribution in [1.29, 1.82) is 0 Å². The first-order valence-electron chi connectivity index (χ1n) is 8.81. The largest absolute Gasteiger partial charge is 0.497 e. The van der Waals surface area contributed by atoms with Crippen molar-refractivity contribution in [2.24, 2.45) is 0 Å². The molecule has 0 aliphatic heterocycles. The predicted molar refractivity (Wildman–Crippen MR) is 108 cm³/mol. The Bertz CT molecular complexity index is 956. The highest BCUT2D eigenvalue weighted by Crippen LogP contribution is 2.35. The van der Waals surface area contributed by atoms with Crippen LogP contribution < -0.4 is 10.1 Å². The predicted octanol–water partition coefficient (Wildman–Crippen LogP) is 5.07. The molecule has 4 heteroatoms. The molecule has 1 aliphatic carbocycles. The van der Waals surface area contributed by atoms with Gasteiger partial charge in [-0.3, -0.25) is 4.79 Å². The number of rotatable bonds is 5. The third kappa shape index (κ3) is 3.17. The summed E-state index contributed by atoms with van der Waals surface area (Å²) in [6.45, 7) is 1.93. The van der Waals surface area contributed by atoms with Gasteiger partial charge in [0.2, 0.25) is 5.91 Å². The van der Waals surface area contributed by atoms with Gasteiger partial charge in [0.15, 0.2) is 0 Å². The fourth-order valence-electron chi connectivity index (χ4n) is 3.50. The van der Waals surface area contributed by atoms with Gasteiger partial charge in [-0.25, -0.2) is 0 Å². The molecule has 0 aromatic heterocycles. The van der Waals surface area contributed by atoms with Crippen LogP contribution in [0.2, 0.25) is 0 Å². The average Bonchev–Trinajstić information content (AvgIpc) is 3.09. The Balaban J connectivity index is 1.52. The summed E-state index contributed by atoms with van der Waals surface area (Å²) in [6.07, 6.45) is 2.18. The second-order valence-electron chi connectivity index (χ2n) is 6.54. The smallest absolute Gasteiger partial charge is 0.237 e. The molecule has 0 radical (unpaired) electrons. The highest BCUT2D eigenvalue weighted by molar-refractivity contribution is 8.00. The summed E-state index contributed by atoms with van der Waals surface area (Å²) in [4.78, 5) is 13.8. The molecule has 1 amide bonds. The number of amides is 1. The number of hydrogen-bond donors (Lipinski definition) is 1. The van der Waals surface area contributed by atoms with E-state index < -0.39 is 0 Å². The number of anilines is 1. The summed E-state index contributed by atoms with van der Waals surface area (Å²) < 4.78 is 5.18. The topological polar surface area (TPSA) is 38.3 Å². The Morgan fingerprint density at radius 3 is 2.50 bits per heavy atom. The molecule has 26 heavy (non-hydrogen) atoms. The lowest BCUT2D eigenvalue weighted by Crippen LogP contribution is -2.22. The zero-order valence-electron chi connectivity index (χ0n) is 14.9. The maximum absolute atomic E-state index is 12.7. The summed E-state index contributed by atoms with van der Waals surface area (Å²) >= 11 is 1.55. The molecule has 3 aromatic rings. The van der Waals surface area contributed by atoms with Crippen LogP contribution in [0, 0.1) is 0 Å². The van der Waals surface area contributed by atoms with Gasteiger partial charge in [0.25, 0.3) is 0 Å². The Hall–Kier alpha value is -2.46. The Labute approximate surface area is 157 Å². The molecule has 0 saturated carbocycles. The molecule has 4 rings (SSSR count). The number of methoxy groups -OCH3 is 1. The molecule has 0 heterocycles. The molecule has 0 bridgehead atoms. The fourth-order valence-corrected chi connectivity index (χ4v) is 4.37. The SMILES string of the molecule is COc1ccc(SC(C)C(=O)Nc2ccc3c4c(cccc24)CC3)cc1. The van der Waals surface area contributed by atoms with Gasteiger partial charge in [0.1, 0.15) is 5.75 Å². The summed E-state index contributed by atoms with van der Waals surface area (Å²) in [5.74, 6) is 0.837. The summed E-state index contributed by atoms with van der Waals surface area (Å²) in [5.41, 5.74) is 3.67. The van der Waals surface area contributed by atoms with Gasteiger partial charge in [-0.15, -0.1) is 11.8 Å². The number of benzene rings is 3. The molecule has 1 unspecified atom stereocenters. The quantitative estimate of drug-likeness (QED) is 0.644. The van der Waals surface area contributed by atoms with Crippen molar-refractivity contribution >= 4 is 34.1 Å². The molecular weight excluding hydrogens is 342 g/mol. The van der Waals surface area contributed by atoms with Gasteiger partial charge in [-0.2, -0.15) is 0 Å². The first kappa shape index (κ1) is 17.0. The number of thioether (sulfide) groups is 1. The van der Waals surface area contributed by atoms with Crippen LogP contribution in [0.3, 0.4) is 0 Å². The van der Waals surface area contributed by atoms with Crippen LogP contribution in [0.4, 0.5) is 5.69 Å². The first-order valence-corrected chi connectivity index (χ1v) is 9.69. The van der Waals surface area contributed by atoms with Crippen LogP contribution in [0.15, 0.2) is 59.5 Å². The van der Waals surface area contributed by atoms with Crippen molar-refractivity contribution in [3.05, 3.63) is 65.7 Å². The van der Waals surface area contributed by atoms with E-state index in [2.05, 4.69) is 29.6 Å². The summed E-state index contributed by atoms with van der Waals surface area (Å²) in [6, 6.07) is 18.3. The molecule has 1 N–H and O–H groups in total. The lowest BCUT2D eigenvalue weighted by molar-refractivity contribution is -0.115. The highest BCUT2D eigenvalue weighted by atomic mass is 32.2. The fraction of sp³-hybridized carbons (Fsp3) is 0.227. The van der Waals surface area contributed by atoms with Crippen molar-refractivity contribution in [3.8, 4) is 5.75 Å². The second-order valence-corrected chi connectivity index (χ2v) is 7.95. The number of carbonyl (C=O) groups is 1. The van der Waals surface area contributed by atoms with Crippen LogP contribution in [-0.2, 0) is 17.6 Å². The number of ether oxygens (including phenoxy) is 1. The van der Waals surface area contributed by atoms with Crippen molar-refractivity contribution in [1.82, 2.24) is 0 Å². The van der Waals surface area contributed by atoms with E-state index in [-0.39, 0.29) is 11.2 Å². The minimum absolute atomic E-state index is 0.0181. The minimum Gasteiger partial charge on any atom is -0.497 e. The van der Waals surface area contributed by atoms with E-state index in [0.29, 0.717) is 0 Å². The molecule has 1 aliphatic rings. The van der Waals surface area contributed by atoms with Gasteiger partial charge in [0, 0.05) is 16.0 Å². The standard InChI is InChI=1S/C22H21NO2S/c1-14(26-18-11-9-17(25-2)10-12-18)22(24)23-20-13-8-16-7-6-15-4-3-5-19(20)21(15)16/h3-5,8-14H,6-7H2,1-2H3,(H,23,24). The van der Waals surface area contributed by atoms with E-state index in [0.717, 1.165) is 34.6 Å². The van der Waals surface area contributed by atoms with E-state index >= 15 is 0 Å². The van der Waals surface area contributed by atoms with Crippen LogP contribution in [-0.4, -0.2) is 18.3 Å². The lowest BCUT2D eigenvalue weighted by atomic mass is 10.0. The normalized spacial score (nSPS) is 13.6. The van der Waals surface area contributed by atoms with Crippen molar-refractivity contribution in [2.45, 2.75) is 29.9 Å². The van der Waals surface area contributed by atoms with E-state index in [4.69, 9.17) is 4.74 Å². The number of hydrogen-bond acceptors (Lipinski definition) is 3. The highest BCUT2D eigenvalue weighted by Gasteiger charge is 2.19. The zero-order chi connectivity index (χ0) is 18.1. The van der Waals surface area contributed by atoms with Crippen LogP contribution >= 0.6 is 11.8 Å². The van der Waals surface area contributed by atoms with Crippen LogP contribution in [0.25, 0.3) is 10.8 Å². The molecule has 1 atom stereocenters. The van der Waals surface area contributed by atoms with E-state index in [1.807, 2.05) is 37.3 Å².